The second-order valence-electron chi connectivity index (χ2n) is 4.04. The summed E-state index contributed by atoms with van der Waals surface area (Å²) in [6.07, 6.45) is 1.65. The van der Waals surface area contributed by atoms with Gasteiger partial charge in [-0.1, -0.05) is 24.4 Å². The Morgan fingerprint density at radius 1 is 1.32 bits per heavy atom. The first-order valence-electron chi connectivity index (χ1n) is 5.71. The van der Waals surface area contributed by atoms with Crippen molar-refractivity contribution in [1.29, 1.82) is 0 Å². The molecule has 2 aromatic rings. The molecule has 0 saturated carbocycles. The number of amides is 1. The number of nitrogens with zero attached hydrogens (tertiary/aromatic N) is 1. The van der Waals surface area contributed by atoms with Crippen LogP contribution in [0.1, 0.15) is 21.6 Å². The summed E-state index contributed by atoms with van der Waals surface area (Å²) < 4.78 is 0. The minimum atomic E-state index is -0.203. The minimum Gasteiger partial charge on any atom is -0.389 e. The number of carbonyl (C=O) groups excluding carboxylic acids is 1. The third kappa shape index (κ3) is 3.14. The van der Waals surface area contributed by atoms with Gasteiger partial charge >= 0.3 is 0 Å². The van der Waals surface area contributed by atoms with E-state index in [-0.39, 0.29) is 5.91 Å². The van der Waals surface area contributed by atoms with Gasteiger partial charge in [0.25, 0.3) is 5.91 Å². The number of benzene rings is 1. The van der Waals surface area contributed by atoms with Gasteiger partial charge in [0, 0.05) is 23.1 Å². The van der Waals surface area contributed by atoms with E-state index in [2.05, 4.69) is 10.3 Å². The maximum atomic E-state index is 12.1. The third-order valence-electron chi connectivity index (χ3n) is 2.66. The Kier molecular flexibility index (Phi) is 3.87. The predicted molar refractivity (Wildman–Crippen MR) is 79.3 cm³/mol. The van der Waals surface area contributed by atoms with Crippen LogP contribution in [0, 0.1) is 6.92 Å². The number of pyridine rings is 1. The molecule has 0 aliphatic heterocycles. The molecule has 0 radical (unpaired) electrons. The van der Waals surface area contributed by atoms with Gasteiger partial charge in [0.05, 0.1) is 5.56 Å². The van der Waals surface area contributed by atoms with Gasteiger partial charge in [-0.05, 0) is 31.2 Å². The molecule has 1 heterocycles. The second-order valence-corrected chi connectivity index (χ2v) is 4.48. The summed E-state index contributed by atoms with van der Waals surface area (Å²) in [5, 5.41) is 2.80. The highest BCUT2D eigenvalue weighted by atomic mass is 32.1. The third-order valence-corrected chi connectivity index (χ3v) is 2.89. The maximum absolute atomic E-state index is 12.1. The number of rotatable bonds is 3. The Morgan fingerprint density at radius 3 is 2.79 bits per heavy atom. The van der Waals surface area contributed by atoms with Crippen LogP contribution in [0.3, 0.4) is 0 Å². The van der Waals surface area contributed by atoms with Crippen molar-refractivity contribution in [2.75, 3.05) is 5.32 Å². The number of hydrogen-bond donors (Lipinski definition) is 2. The van der Waals surface area contributed by atoms with E-state index in [0.717, 1.165) is 5.56 Å². The number of thiocarbonyl (C=S) groups is 1. The standard InChI is InChI=1S/C14H13N3OS/c1-9-12(6-3-7-16-9)14(18)17-11-5-2-4-10(8-11)13(15)19/h2-8H,1H3,(H2,15,19)(H,17,18). The molecule has 1 amide bonds. The number of aryl methyl sites for hydroxylation is 1. The molecule has 19 heavy (non-hydrogen) atoms. The number of anilines is 1. The lowest BCUT2D eigenvalue weighted by Gasteiger charge is -2.08. The highest BCUT2D eigenvalue weighted by molar-refractivity contribution is 7.80. The summed E-state index contributed by atoms with van der Waals surface area (Å²) in [6, 6.07) is 10.6. The Morgan fingerprint density at radius 2 is 2.11 bits per heavy atom. The molecule has 1 aromatic heterocycles. The van der Waals surface area contributed by atoms with Crippen LogP contribution in [0.4, 0.5) is 5.69 Å². The van der Waals surface area contributed by atoms with Crippen LogP contribution in [0.5, 0.6) is 0 Å². The van der Waals surface area contributed by atoms with Gasteiger partial charge in [-0.2, -0.15) is 0 Å². The van der Waals surface area contributed by atoms with Gasteiger partial charge in [0.15, 0.2) is 0 Å². The lowest BCUT2D eigenvalue weighted by atomic mass is 10.1. The van der Waals surface area contributed by atoms with Gasteiger partial charge in [-0.15, -0.1) is 0 Å². The van der Waals surface area contributed by atoms with Gasteiger partial charge in [0.1, 0.15) is 4.99 Å². The van der Waals surface area contributed by atoms with E-state index in [4.69, 9.17) is 18.0 Å². The molecule has 0 aliphatic rings. The molecule has 0 saturated heterocycles. The molecule has 3 N–H and O–H groups in total. The Bertz CT molecular complexity index is 640. The molecule has 96 valence electrons. The van der Waals surface area contributed by atoms with E-state index >= 15 is 0 Å². The highest BCUT2D eigenvalue weighted by Gasteiger charge is 2.09. The first-order valence-corrected chi connectivity index (χ1v) is 6.11. The number of nitrogens with one attached hydrogen (secondary N) is 1. The van der Waals surface area contributed by atoms with E-state index in [1.54, 1.807) is 49.5 Å². The van der Waals surface area contributed by atoms with E-state index < -0.39 is 0 Å². The fourth-order valence-electron chi connectivity index (χ4n) is 1.67. The number of carbonyl (C=O) groups is 1. The fourth-order valence-corrected chi connectivity index (χ4v) is 1.80. The van der Waals surface area contributed by atoms with Crippen LogP contribution in [-0.2, 0) is 0 Å². The lowest BCUT2D eigenvalue weighted by Crippen LogP contribution is -2.15. The Hall–Kier alpha value is -2.27. The van der Waals surface area contributed by atoms with Crippen molar-refractivity contribution in [3.63, 3.8) is 0 Å². The molecule has 0 aliphatic carbocycles. The maximum Gasteiger partial charge on any atom is 0.257 e. The molecule has 2 rings (SSSR count). The van der Waals surface area contributed by atoms with Gasteiger partial charge in [-0.25, -0.2) is 0 Å². The summed E-state index contributed by atoms with van der Waals surface area (Å²) in [4.78, 5) is 16.5. The van der Waals surface area contributed by atoms with Gasteiger partial charge in [-0.3, -0.25) is 9.78 Å². The Balaban J connectivity index is 2.22. The quantitative estimate of drug-likeness (QED) is 0.840. The summed E-state index contributed by atoms with van der Waals surface area (Å²) in [6.45, 7) is 1.79. The van der Waals surface area contributed by atoms with Gasteiger partial charge in [0.2, 0.25) is 0 Å². The van der Waals surface area contributed by atoms with Crippen molar-refractivity contribution in [1.82, 2.24) is 4.98 Å². The summed E-state index contributed by atoms with van der Waals surface area (Å²) in [7, 11) is 0. The second kappa shape index (κ2) is 5.58. The van der Waals surface area contributed by atoms with Crippen molar-refractivity contribution >= 4 is 28.8 Å². The zero-order valence-electron chi connectivity index (χ0n) is 10.4. The molecule has 0 bridgehead atoms. The van der Waals surface area contributed by atoms with E-state index in [9.17, 15) is 4.79 Å². The largest absolute Gasteiger partial charge is 0.389 e. The van der Waals surface area contributed by atoms with Crippen molar-refractivity contribution < 1.29 is 4.79 Å². The van der Waals surface area contributed by atoms with Gasteiger partial charge < -0.3 is 11.1 Å². The highest BCUT2D eigenvalue weighted by Crippen LogP contribution is 2.13. The number of aromatic nitrogens is 1. The first kappa shape index (κ1) is 13.2. The van der Waals surface area contributed by atoms with E-state index in [1.807, 2.05) is 0 Å². The molecule has 1 aromatic carbocycles. The normalized spacial score (nSPS) is 9.95. The molecular formula is C14H13N3OS. The molecule has 5 heteroatoms. The molecule has 0 fully saturated rings. The minimum absolute atomic E-state index is 0.203. The van der Waals surface area contributed by atoms with E-state index in [1.165, 1.54) is 0 Å². The zero-order chi connectivity index (χ0) is 13.8. The molecule has 0 unspecified atom stereocenters. The SMILES string of the molecule is Cc1ncccc1C(=O)Nc1cccc(C(N)=S)c1. The van der Waals surface area contributed by atoms with Crippen LogP contribution < -0.4 is 11.1 Å². The van der Waals surface area contributed by atoms with E-state index in [0.29, 0.717) is 21.9 Å². The number of hydrogen-bond acceptors (Lipinski definition) is 3. The zero-order valence-corrected chi connectivity index (χ0v) is 11.2. The van der Waals surface area contributed by atoms with Crippen LogP contribution in [0.25, 0.3) is 0 Å². The first-order chi connectivity index (χ1) is 9.08. The molecule has 0 atom stereocenters. The van der Waals surface area contributed by atoms with Crippen molar-refractivity contribution in [2.45, 2.75) is 6.92 Å². The van der Waals surface area contributed by atoms with Crippen molar-refractivity contribution in [3.05, 3.63) is 59.4 Å². The van der Waals surface area contributed by atoms with Crippen LogP contribution >= 0.6 is 12.2 Å². The van der Waals surface area contributed by atoms with Crippen molar-refractivity contribution in [3.8, 4) is 0 Å². The monoisotopic (exact) mass is 271 g/mol. The number of nitrogens with two attached hydrogens (primary N) is 1. The van der Waals surface area contributed by atoms with Crippen molar-refractivity contribution in [2.24, 2.45) is 5.73 Å². The topological polar surface area (TPSA) is 68.0 Å². The van der Waals surface area contributed by atoms with Crippen LogP contribution in [0.2, 0.25) is 0 Å². The molecule has 0 spiro atoms. The van der Waals surface area contributed by atoms with Crippen LogP contribution in [0.15, 0.2) is 42.6 Å². The summed E-state index contributed by atoms with van der Waals surface area (Å²) in [5.74, 6) is -0.203. The average molecular weight is 271 g/mol. The summed E-state index contributed by atoms with van der Waals surface area (Å²) in [5.41, 5.74) is 8.16. The molecule has 4 nitrogen and oxygen atoms in total. The fraction of sp³-hybridized carbons (Fsp3) is 0.0714. The van der Waals surface area contributed by atoms with Crippen LogP contribution in [-0.4, -0.2) is 15.9 Å². The smallest absolute Gasteiger partial charge is 0.257 e. The predicted octanol–water partition coefficient (Wildman–Crippen LogP) is 2.28. The summed E-state index contributed by atoms with van der Waals surface area (Å²) >= 11 is 4.90. The molecular weight excluding hydrogens is 258 g/mol. The Labute approximate surface area is 116 Å². The lowest BCUT2D eigenvalue weighted by molar-refractivity contribution is 0.102. The average Bonchev–Trinajstić information content (AvgIpc) is 2.39.